The first-order valence-electron chi connectivity index (χ1n) is 6.37. The number of benzene rings is 1. The van der Waals surface area contributed by atoms with E-state index in [1.54, 1.807) is 0 Å². The topological polar surface area (TPSA) is 29.3 Å². The summed E-state index contributed by atoms with van der Waals surface area (Å²) in [5.74, 6) is 0.804. The number of hydrogen-bond donors (Lipinski definition) is 1. The van der Waals surface area contributed by atoms with E-state index >= 15 is 0 Å². The van der Waals surface area contributed by atoms with Gasteiger partial charge < -0.3 is 10.6 Å². The number of halogens is 1. The van der Waals surface area contributed by atoms with E-state index in [9.17, 15) is 0 Å². The number of nitrogens with two attached hydrogens (primary N) is 1. The fourth-order valence-corrected chi connectivity index (χ4v) is 2.96. The Kier molecular flexibility index (Phi) is 4.46. The van der Waals surface area contributed by atoms with Crippen LogP contribution in [0, 0.1) is 5.92 Å². The summed E-state index contributed by atoms with van der Waals surface area (Å²) in [7, 11) is 2.18. The van der Waals surface area contributed by atoms with Crippen LogP contribution >= 0.6 is 15.9 Å². The van der Waals surface area contributed by atoms with Gasteiger partial charge >= 0.3 is 0 Å². The third-order valence-electron chi connectivity index (χ3n) is 3.67. The van der Waals surface area contributed by atoms with Gasteiger partial charge in [-0.25, -0.2) is 0 Å². The van der Waals surface area contributed by atoms with Crippen LogP contribution in [-0.4, -0.2) is 19.6 Å². The molecule has 0 atom stereocenters. The highest BCUT2D eigenvalue weighted by Gasteiger charge is 2.19. The van der Waals surface area contributed by atoms with Crippen molar-refractivity contribution >= 4 is 21.6 Å². The summed E-state index contributed by atoms with van der Waals surface area (Å²) in [6.45, 7) is 1.14. The number of nitrogens with zero attached hydrogens (tertiary/aromatic N) is 1. The standard InChI is InChI=1S/C14H21BrN2/c1-17(14-4-2-3-12(15)9-14)10-11-5-7-13(16)8-6-11/h2-4,9,11,13H,5-8,10,16H2,1H3. The van der Waals surface area contributed by atoms with E-state index in [1.807, 2.05) is 0 Å². The smallest absolute Gasteiger partial charge is 0.0375 e. The summed E-state index contributed by atoms with van der Waals surface area (Å²) in [5.41, 5.74) is 7.23. The molecule has 0 aliphatic heterocycles. The third kappa shape index (κ3) is 3.71. The molecule has 0 amide bonds. The lowest BCUT2D eigenvalue weighted by molar-refractivity contribution is 0.330. The van der Waals surface area contributed by atoms with Gasteiger partial charge in [0.1, 0.15) is 0 Å². The molecule has 17 heavy (non-hydrogen) atoms. The van der Waals surface area contributed by atoms with Crippen LogP contribution in [0.4, 0.5) is 5.69 Å². The van der Waals surface area contributed by atoms with E-state index in [0.29, 0.717) is 6.04 Å². The van der Waals surface area contributed by atoms with Crippen molar-refractivity contribution in [2.75, 3.05) is 18.5 Å². The van der Waals surface area contributed by atoms with Crippen LogP contribution < -0.4 is 10.6 Å². The third-order valence-corrected chi connectivity index (χ3v) is 4.17. The van der Waals surface area contributed by atoms with Crippen LogP contribution in [0.15, 0.2) is 28.7 Å². The molecule has 0 bridgehead atoms. The molecule has 0 spiro atoms. The van der Waals surface area contributed by atoms with Crippen molar-refractivity contribution < 1.29 is 0 Å². The maximum Gasteiger partial charge on any atom is 0.0375 e. The highest BCUT2D eigenvalue weighted by Crippen LogP contribution is 2.26. The summed E-state index contributed by atoms with van der Waals surface area (Å²) < 4.78 is 1.15. The van der Waals surface area contributed by atoms with Crippen LogP contribution in [0.1, 0.15) is 25.7 Å². The van der Waals surface area contributed by atoms with Gasteiger partial charge in [0.05, 0.1) is 0 Å². The first kappa shape index (κ1) is 12.9. The van der Waals surface area contributed by atoms with Gasteiger partial charge in [-0.15, -0.1) is 0 Å². The molecule has 94 valence electrons. The first-order chi connectivity index (χ1) is 8.15. The minimum absolute atomic E-state index is 0.447. The predicted molar refractivity (Wildman–Crippen MR) is 77.3 cm³/mol. The fourth-order valence-electron chi connectivity index (χ4n) is 2.58. The van der Waals surface area contributed by atoms with Gasteiger partial charge in [0.25, 0.3) is 0 Å². The Balaban J connectivity index is 1.90. The summed E-state index contributed by atoms with van der Waals surface area (Å²) >= 11 is 3.52. The van der Waals surface area contributed by atoms with Crippen molar-refractivity contribution in [1.82, 2.24) is 0 Å². The van der Waals surface area contributed by atoms with Crippen LogP contribution in [0.2, 0.25) is 0 Å². The zero-order valence-corrected chi connectivity index (χ0v) is 12.0. The molecule has 1 aromatic rings. The van der Waals surface area contributed by atoms with Gasteiger partial charge in [-0.2, -0.15) is 0 Å². The average Bonchev–Trinajstić information content (AvgIpc) is 2.32. The summed E-state index contributed by atoms with van der Waals surface area (Å²) in [4.78, 5) is 2.35. The molecule has 2 nitrogen and oxygen atoms in total. The van der Waals surface area contributed by atoms with E-state index in [4.69, 9.17) is 5.73 Å². The van der Waals surface area contributed by atoms with Crippen LogP contribution in [0.3, 0.4) is 0 Å². The van der Waals surface area contributed by atoms with E-state index in [-0.39, 0.29) is 0 Å². The summed E-state index contributed by atoms with van der Waals surface area (Å²) in [6.07, 6.45) is 4.94. The van der Waals surface area contributed by atoms with Crippen molar-refractivity contribution in [3.05, 3.63) is 28.7 Å². The monoisotopic (exact) mass is 296 g/mol. The molecule has 1 aliphatic rings. The lowest BCUT2D eigenvalue weighted by Gasteiger charge is -2.30. The van der Waals surface area contributed by atoms with Gasteiger partial charge in [-0.1, -0.05) is 22.0 Å². The van der Waals surface area contributed by atoms with Gasteiger partial charge in [-0.05, 0) is 49.8 Å². The molecule has 2 rings (SSSR count). The molecule has 1 saturated carbocycles. The molecule has 1 aliphatic carbocycles. The first-order valence-corrected chi connectivity index (χ1v) is 7.16. The maximum absolute atomic E-state index is 5.94. The Morgan fingerprint density at radius 2 is 2.00 bits per heavy atom. The molecular weight excluding hydrogens is 276 g/mol. The quantitative estimate of drug-likeness (QED) is 0.926. The molecule has 0 saturated heterocycles. The largest absolute Gasteiger partial charge is 0.374 e. The van der Waals surface area contributed by atoms with E-state index in [1.165, 1.54) is 31.4 Å². The van der Waals surface area contributed by atoms with Crippen molar-refractivity contribution in [3.8, 4) is 0 Å². The zero-order valence-electron chi connectivity index (χ0n) is 10.4. The van der Waals surface area contributed by atoms with Crippen LogP contribution in [-0.2, 0) is 0 Å². The van der Waals surface area contributed by atoms with E-state index < -0.39 is 0 Å². The molecule has 0 radical (unpaired) electrons. The average molecular weight is 297 g/mol. The Morgan fingerprint density at radius 3 is 2.65 bits per heavy atom. The molecular formula is C14H21BrN2. The van der Waals surface area contributed by atoms with Gasteiger partial charge in [0, 0.05) is 29.8 Å². The lowest BCUT2D eigenvalue weighted by atomic mass is 9.86. The van der Waals surface area contributed by atoms with Crippen molar-refractivity contribution in [2.45, 2.75) is 31.7 Å². The summed E-state index contributed by atoms with van der Waals surface area (Å²) in [6, 6.07) is 8.94. The van der Waals surface area contributed by atoms with Gasteiger partial charge in [-0.3, -0.25) is 0 Å². The molecule has 0 unspecified atom stereocenters. The zero-order chi connectivity index (χ0) is 12.3. The summed E-state index contributed by atoms with van der Waals surface area (Å²) in [5, 5.41) is 0. The Hall–Kier alpha value is -0.540. The van der Waals surface area contributed by atoms with Gasteiger partial charge in [0.2, 0.25) is 0 Å². The normalized spacial score (nSPS) is 24.6. The molecule has 2 N–H and O–H groups in total. The Bertz CT molecular complexity index is 359. The molecule has 1 aromatic carbocycles. The molecule has 0 aromatic heterocycles. The minimum atomic E-state index is 0.447. The molecule has 0 heterocycles. The number of anilines is 1. The fraction of sp³-hybridized carbons (Fsp3) is 0.571. The lowest BCUT2D eigenvalue weighted by Crippen LogP contribution is -2.32. The maximum atomic E-state index is 5.94. The number of hydrogen-bond acceptors (Lipinski definition) is 2. The SMILES string of the molecule is CN(CC1CCC(N)CC1)c1cccc(Br)c1. The Labute approximate surface area is 112 Å². The molecule has 1 fully saturated rings. The van der Waals surface area contributed by atoms with Crippen LogP contribution in [0.5, 0.6) is 0 Å². The van der Waals surface area contributed by atoms with Crippen molar-refractivity contribution in [1.29, 1.82) is 0 Å². The van der Waals surface area contributed by atoms with Gasteiger partial charge in [0.15, 0.2) is 0 Å². The highest BCUT2D eigenvalue weighted by atomic mass is 79.9. The second-order valence-electron chi connectivity index (χ2n) is 5.14. The predicted octanol–water partition coefficient (Wildman–Crippen LogP) is 3.40. The number of rotatable bonds is 3. The highest BCUT2D eigenvalue weighted by molar-refractivity contribution is 9.10. The van der Waals surface area contributed by atoms with E-state index in [0.717, 1.165) is 16.9 Å². The van der Waals surface area contributed by atoms with E-state index in [2.05, 4.69) is 52.1 Å². The van der Waals surface area contributed by atoms with Crippen LogP contribution in [0.25, 0.3) is 0 Å². The van der Waals surface area contributed by atoms with Crippen molar-refractivity contribution in [3.63, 3.8) is 0 Å². The second kappa shape index (κ2) is 5.87. The molecule has 3 heteroatoms. The minimum Gasteiger partial charge on any atom is -0.374 e. The Morgan fingerprint density at radius 1 is 1.29 bits per heavy atom. The second-order valence-corrected chi connectivity index (χ2v) is 6.06. The van der Waals surface area contributed by atoms with Crippen molar-refractivity contribution in [2.24, 2.45) is 11.7 Å².